The lowest BCUT2D eigenvalue weighted by Crippen LogP contribution is -2.43. The predicted octanol–water partition coefficient (Wildman–Crippen LogP) is 5.71. The minimum Gasteiger partial charge on any atom is -0.303 e. The number of anilines is 1. The van der Waals surface area contributed by atoms with Crippen molar-refractivity contribution in [3.63, 3.8) is 0 Å². The maximum atomic E-state index is 15.1. The summed E-state index contributed by atoms with van der Waals surface area (Å²) in [6, 6.07) is 29.2. The zero-order valence-electron chi connectivity index (χ0n) is 24.4. The van der Waals surface area contributed by atoms with Crippen molar-refractivity contribution in [2.45, 2.75) is 23.3 Å². The number of aromatic nitrogens is 2. The summed E-state index contributed by atoms with van der Waals surface area (Å²) < 4.78 is 26.6. The maximum Gasteiger partial charge on any atom is 0.247 e. The van der Waals surface area contributed by atoms with Crippen LogP contribution in [0.15, 0.2) is 121 Å². The first-order chi connectivity index (χ1) is 21.2. The normalized spacial score (nSPS) is 14.7. The van der Waals surface area contributed by atoms with E-state index in [1.54, 1.807) is 66.1 Å². The lowest BCUT2D eigenvalue weighted by Gasteiger charge is -2.32. The summed E-state index contributed by atoms with van der Waals surface area (Å²) in [5, 5.41) is 9.28. The van der Waals surface area contributed by atoms with Gasteiger partial charge in [-0.15, -0.1) is 0 Å². The quantitative estimate of drug-likeness (QED) is 0.237. The van der Waals surface area contributed by atoms with E-state index < -0.39 is 21.5 Å². The van der Waals surface area contributed by atoms with E-state index in [4.69, 9.17) is 0 Å². The fraction of sp³-hybridized carbons (Fsp3) is 0.143. The molecular formula is C35H29N5O3S. The number of amides is 1. The third-order valence-electron chi connectivity index (χ3n) is 8.30. The number of fused-ring (bicyclic) bond motifs is 1. The molecule has 44 heavy (non-hydrogen) atoms. The van der Waals surface area contributed by atoms with Crippen LogP contribution < -0.4 is 4.90 Å². The predicted molar refractivity (Wildman–Crippen MR) is 168 cm³/mol. The third-order valence-corrected chi connectivity index (χ3v) is 10.1. The fourth-order valence-corrected chi connectivity index (χ4v) is 6.86. The van der Waals surface area contributed by atoms with Crippen molar-refractivity contribution in [2.75, 3.05) is 19.0 Å². The van der Waals surface area contributed by atoms with Gasteiger partial charge >= 0.3 is 0 Å². The highest BCUT2D eigenvalue weighted by Crippen LogP contribution is 2.53. The van der Waals surface area contributed by atoms with Gasteiger partial charge in [-0.25, -0.2) is 12.7 Å². The number of hydrogen-bond acceptors (Lipinski definition) is 6. The molecule has 8 nitrogen and oxygen atoms in total. The van der Waals surface area contributed by atoms with Gasteiger partial charge in [-0.1, -0.05) is 36.4 Å². The molecule has 218 valence electrons. The van der Waals surface area contributed by atoms with Crippen LogP contribution in [0, 0.1) is 11.3 Å². The van der Waals surface area contributed by atoms with E-state index in [-0.39, 0.29) is 10.8 Å². The zero-order chi connectivity index (χ0) is 31.1. The Morgan fingerprint density at radius 3 is 1.86 bits per heavy atom. The van der Waals surface area contributed by atoms with Gasteiger partial charge in [-0.2, -0.15) is 5.26 Å². The first-order valence-electron chi connectivity index (χ1n) is 14.0. The molecule has 1 amide bonds. The van der Waals surface area contributed by atoms with Crippen LogP contribution in [0.3, 0.4) is 0 Å². The Morgan fingerprint density at radius 1 is 0.795 bits per heavy atom. The lowest BCUT2D eigenvalue weighted by molar-refractivity contribution is -0.121. The molecule has 0 aliphatic carbocycles. The molecule has 0 saturated heterocycles. The van der Waals surface area contributed by atoms with Crippen LogP contribution in [-0.2, 0) is 20.2 Å². The van der Waals surface area contributed by atoms with E-state index >= 15 is 4.79 Å². The monoisotopic (exact) mass is 599 g/mol. The van der Waals surface area contributed by atoms with Crippen LogP contribution in [-0.4, -0.2) is 42.7 Å². The van der Waals surface area contributed by atoms with E-state index in [1.165, 1.54) is 18.4 Å². The molecule has 0 N–H and O–H groups in total. The summed E-state index contributed by atoms with van der Waals surface area (Å²) >= 11 is 0. The van der Waals surface area contributed by atoms with Crippen molar-refractivity contribution in [1.29, 1.82) is 5.26 Å². The number of carbonyl (C=O) groups excluding carboxylic acids is 1. The first kappa shape index (κ1) is 28.9. The highest BCUT2D eigenvalue weighted by Gasteiger charge is 2.54. The van der Waals surface area contributed by atoms with Crippen molar-refractivity contribution in [2.24, 2.45) is 0 Å². The van der Waals surface area contributed by atoms with Crippen LogP contribution in [0.2, 0.25) is 0 Å². The van der Waals surface area contributed by atoms with Crippen LogP contribution in [0.1, 0.15) is 40.8 Å². The molecule has 5 aromatic rings. The van der Waals surface area contributed by atoms with Gasteiger partial charge in [-0.3, -0.25) is 14.8 Å². The van der Waals surface area contributed by atoms with Gasteiger partial charge in [0, 0.05) is 50.1 Å². The van der Waals surface area contributed by atoms with Gasteiger partial charge in [0.25, 0.3) is 0 Å². The number of rotatable bonds is 7. The van der Waals surface area contributed by atoms with Gasteiger partial charge in [0.2, 0.25) is 15.9 Å². The van der Waals surface area contributed by atoms with Gasteiger partial charge in [0.05, 0.1) is 22.6 Å². The molecule has 0 spiro atoms. The van der Waals surface area contributed by atoms with Crippen molar-refractivity contribution in [3.8, 4) is 17.2 Å². The van der Waals surface area contributed by atoms with Crippen molar-refractivity contribution in [3.05, 3.63) is 144 Å². The minimum absolute atomic E-state index is 0.139. The summed E-state index contributed by atoms with van der Waals surface area (Å²) in [4.78, 5) is 25.5. The number of nitrogens with zero attached hydrogens (tertiary/aromatic N) is 5. The molecule has 0 radical (unpaired) electrons. The smallest absolute Gasteiger partial charge is 0.247 e. The standard InChI is InChI=1S/C35H29N5O3S/c1-24(26-8-11-31(12-9-26)44(42,43)39(2)3)40-33-22-28(27-6-4-25(23-36)5-7-27)10-13-32(33)35(34(40)41,29-14-18-37-19-15-29)30-16-20-38-21-17-30/h4-22,24H,1-3H3. The second-order valence-electron chi connectivity index (χ2n) is 10.9. The first-order valence-corrected chi connectivity index (χ1v) is 15.5. The molecule has 3 aromatic carbocycles. The van der Waals surface area contributed by atoms with Crippen molar-refractivity contribution in [1.82, 2.24) is 14.3 Å². The summed E-state index contributed by atoms with van der Waals surface area (Å²) in [7, 11) is -0.619. The van der Waals surface area contributed by atoms with E-state index in [2.05, 4.69) is 16.0 Å². The molecule has 1 atom stereocenters. The summed E-state index contributed by atoms with van der Waals surface area (Å²) in [6.07, 6.45) is 6.75. The number of sulfonamides is 1. The summed E-state index contributed by atoms with van der Waals surface area (Å²) in [5.74, 6) is -0.139. The molecule has 0 fully saturated rings. The summed E-state index contributed by atoms with van der Waals surface area (Å²) in [6.45, 7) is 1.95. The number of benzene rings is 3. The number of pyridine rings is 2. The van der Waals surface area contributed by atoms with Crippen LogP contribution in [0.5, 0.6) is 0 Å². The number of nitriles is 1. The van der Waals surface area contributed by atoms with Crippen LogP contribution >= 0.6 is 0 Å². The Hall–Kier alpha value is -5.17. The minimum atomic E-state index is -3.61. The molecule has 0 bridgehead atoms. The van der Waals surface area contributed by atoms with E-state index in [0.29, 0.717) is 5.56 Å². The highest BCUT2D eigenvalue weighted by atomic mass is 32.2. The lowest BCUT2D eigenvalue weighted by atomic mass is 9.70. The second-order valence-corrected chi connectivity index (χ2v) is 13.0. The van der Waals surface area contributed by atoms with Crippen molar-refractivity contribution >= 4 is 21.6 Å². The Balaban J connectivity index is 1.57. The Morgan fingerprint density at radius 2 is 1.34 bits per heavy atom. The molecule has 1 unspecified atom stereocenters. The average Bonchev–Trinajstić information content (AvgIpc) is 3.33. The topological polar surface area (TPSA) is 107 Å². The van der Waals surface area contributed by atoms with Gasteiger partial charge in [0.15, 0.2) is 0 Å². The van der Waals surface area contributed by atoms with Gasteiger partial charge in [-0.05, 0) is 89.3 Å². The third kappa shape index (κ3) is 4.56. The van der Waals surface area contributed by atoms with E-state index in [0.717, 1.165) is 39.1 Å². The van der Waals surface area contributed by atoms with E-state index in [1.807, 2.05) is 61.5 Å². The molecule has 9 heteroatoms. The molecule has 1 aliphatic rings. The Kier molecular flexibility index (Phi) is 7.33. The van der Waals surface area contributed by atoms with Crippen LogP contribution in [0.25, 0.3) is 11.1 Å². The van der Waals surface area contributed by atoms with Gasteiger partial charge < -0.3 is 4.90 Å². The number of hydrogen-bond donors (Lipinski definition) is 0. The fourth-order valence-electron chi connectivity index (χ4n) is 5.96. The summed E-state index contributed by atoms with van der Waals surface area (Å²) in [5.41, 5.74) is 5.09. The zero-order valence-corrected chi connectivity index (χ0v) is 25.2. The maximum absolute atomic E-state index is 15.1. The Bertz CT molecular complexity index is 1950. The highest BCUT2D eigenvalue weighted by molar-refractivity contribution is 7.89. The van der Waals surface area contributed by atoms with E-state index in [9.17, 15) is 13.7 Å². The van der Waals surface area contributed by atoms with Crippen molar-refractivity contribution < 1.29 is 13.2 Å². The molecule has 1 aliphatic heterocycles. The SMILES string of the molecule is CC(c1ccc(S(=O)(=O)N(C)C)cc1)N1C(=O)C(c2ccncc2)(c2ccncc2)c2ccc(-c3ccc(C#N)cc3)cc21. The number of carbonyl (C=O) groups is 1. The molecule has 2 aromatic heterocycles. The molecule has 3 heterocycles. The molecule has 0 saturated carbocycles. The van der Waals surface area contributed by atoms with Gasteiger partial charge in [0.1, 0.15) is 5.41 Å². The van der Waals surface area contributed by atoms with Crippen LogP contribution in [0.4, 0.5) is 5.69 Å². The Labute approximate surface area is 256 Å². The largest absolute Gasteiger partial charge is 0.303 e. The molecular weight excluding hydrogens is 570 g/mol. The molecule has 6 rings (SSSR count). The second kappa shape index (κ2) is 11.2. The average molecular weight is 600 g/mol.